The molecule has 11 nitrogen and oxygen atoms in total. The monoisotopic (exact) mass is 581 g/mol. The van der Waals surface area contributed by atoms with Gasteiger partial charge in [0.15, 0.2) is 17.3 Å². The average Bonchev–Trinajstić information content (AvgIpc) is 3.75. The fourth-order valence-electron chi connectivity index (χ4n) is 4.98. The number of carbonyl (C=O) groups is 1. The van der Waals surface area contributed by atoms with Crippen LogP contribution in [-0.4, -0.2) is 40.2 Å². The summed E-state index contributed by atoms with van der Waals surface area (Å²) < 4.78 is 9.40. The van der Waals surface area contributed by atoms with Crippen LogP contribution >= 0.6 is 15.9 Å². The molecule has 0 bridgehead atoms. The molecule has 12 heteroatoms. The van der Waals surface area contributed by atoms with Crippen LogP contribution in [0.4, 0.5) is 5.82 Å². The largest absolute Gasteiger partial charge is 0.440 e. The van der Waals surface area contributed by atoms with Gasteiger partial charge in [-0.1, -0.05) is 6.07 Å². The molecule has 0 saturated carbocycles. The highest BCUT2D eigenvalue weighted by Crippen LogP contribution is 2.36. The highest BCUT2D eigenvalue weighted by atomic mass is 79.9. The summed E-state index contributed by atoms with van der Waals surface area (Å²) in [5.74, 6) is 1.35. The Balaban J connectivity index is 1.32. The molecule has 39 heavy (non-hydrogen) atoms. The number of nitrogens with one attached hydrogen (secondary N) is 1. The zero-order valence-corrected chi connectivity index (χ0v) is 21.9. The van der Waals surface area contributed by atoms with Crippen molar-refractivity contribution < 1.29 is 9.21 Å². The van der Waals surface area contributed by atoms with Crippen molar-refractivity contribution >= 4 is 38.8 Å². The molecule has 5 heterocycles. The van der Waals surface area contributed by atoms with Crippen molar-refractivity contribution in [3.63, 3.8) is 0 Å². The van der Waals surface area contributed by atoms with E-state index in [4.69, 9.17) is 20.1 Å². The predicted octanol–water partition coefficient (Wildman–Crippen LogP) is 4.42. The number of oxazole rings is 1. The number of amides is 1. The van der Waals surface area contributed by atoms with Crippen LogP contribution in [0.25, 0.3) is 34.1 Å². The van der Waals surface area contributed by atoms with E-state index in [-0.39, 0.29) is 17.8 Å². The maximum Gasteiger partial charge on any atom is 0.307 e. The molecule has 1 amide bonds. The van der Waals surface area contributed by atoms with E-state index in [1.807, 2.05) is 53.2 Å². The van der Waals surface area contributed by atoms with E-state index in [1.54, 1.807) is 17.1 Å². The maximum atomic E-state index is 12.7. The predicted molar refractivity (Wildman–Crippen MR) is 146 cm³/mol. The van der Waals surface area contributed by atoms with E-state index < -0.39 is 0 Å². The smallest absolute Gasteiger partial charge is 0.307 e. The molecular weight excluding hydrogens is 562 g/mol. The summed E-state index contributed by atoms with van der Waals surface area (Å²) in [5, 5.41) is 7.36. The summed E-state index contributed by atoms with van der Waals surface area (Å²) in [4.78, 5) is 30.8. The summed E-state index contributed by atoms with van der Waals surface area (Å²) in [6.07, 6.45) is 8.16. The van der Waals surface area contributed by atoms with Crippen molar-refractivity contribution in [3.8, 4) is 22.9 Å². The minimum Gasteiger partial charge on any atom is -0.440 e. The fraction of sp³-hybridized carbons (Fsp3) is 0.111. The van der Waals surface area contributed by atoms with Gasteiger partial charge in [-0.3, -0.25) is 9.36 Å². The lowest BCUT2D eigenvalue weighted by molar-refractivity contribution is 0.0901. The highest BCUT2D eigenvalue weighted by molar-refractivity contribution is 9.10. The van der Waals surface area contributed by atoms with Crippen LogP contribution in [-0.2, 0) is 6.42 Å². The number of carbonyl (C=O) groups excluding carboxylic acids is 1. The lowest BCUT2D eigenvalue weighted by Crippen LogP contribution is -2.27. The molecule has 0 unspecified atom stereocenters. The minimum absolute atomic E-state index is 0.0228. The third-order valence-corrected chi connectivity index (χ3v) is 7.11. The van der Waals surface area contributed by atoms with Crippen LogP contribution in [0.15, 0.2) is 82.4 Å². The van der Waals surface area contributed by atoms with Crippen LogP contribution in [0, 0.1) is 0 Å². The first-order valence-electron chi connectivity index (χ1n) is 12.2. The van der Waals surface area contributed by atoms with Crippen LogP contribution in [0.1, 0.15) is 34.3 Å². The first kappa shape index (κ1) is 23.3. The second-order valence-corrected chi connectivity index (χ2v) is 9.91. The van der Waals surface area contributed by atoms with Crippen LogP contribution < -0.4 is 11.1 Å². The SMILES string of the molecule is Nc1ncccc1-c1nc2ccc(-n3cccn3)nc2n1-c1ccc2c(c1)CC[C@@H]2NC(=O)c1nc(Br)co1. The van der Waals surface area contributed by atoms with E-state index >= 15 is 0 Å². The number of aromatic nitrogens is 7. The topological polar surface area (TPSA) is 143 Å². The third kappa shape index (κ3) is 4.05. The quantitative estimate of drug-likeness (QED) is 0.304. The maximum absolute atomic E-state index is 12.7. The number of hydrogen-bond acceptors (Lipinski definition) is 8. The number of nitrogen functional groups attached to an aromatic ring is 1. The molecule has 1 aliphatic carbocycles. The number of imidazole rings is 1. The fourth-order valence-corrected chi connectivity index (χ4v) is 5.24. The number of nitrogens with two attached hydrogens (primary N) is 1. The lowest BCUT2D eigenvalue weighted by atomic mass is 10.1. The molecule has 0 radical (unpaired) electrons. The van der Waals surface area contributed by atoms with Gasteiger partial charge in [0, 0.05) is 24.3 Å². The second-order valence-electron chi connectivity index (χ2n) is 9.09. The third-order valence-electron chi connectivity index (χ3n) is 6.75. The molecule has 1 aromatic carbocycles. The molecule has 0 aliphatic heterocycles. The van der Waals surface area contributed by atoms with Gasteiger partial charge >= 0.3 is 5.91 Å². The summed E-state index contributed by atoms with van der Waals surface area (Å²) in [6.45, 7) is 0. The highest BCUT2D eigenvalue weighted by Gasteiger charge is 2.27. The summed E-state index contributed by atoms with van der Waals surface area (Å²) in [6, 6.07) is 15.4. The standard InChI is InChI=1S/C27H20BrN9O2/c28-21-14-39-27(34-21)26(38)33-19-7-4-15-13-16(5-6-17(15)19)37-24(18-3-1-10-30-23(18)29)32-20-8-9-22(35-25(20)37)36-12-2-11-31-36/h1-3,5-6,8-14,19H,4,7H2,(H2,29,30)(H,33,38)/t19-/m0/s1. The van der Waals surface area contributed by atoms with Gasteiger partial charge in [0.1, 0.15) is 22.2 Å². The Labute approximate surface area is 229 Å². The molecule has 0 saturated heterocycles. The average molecular weight is 582 g/mol. The number of halogens is 1. The Morgan fingerprint density at radius 1 is 1.10 bits per heavy atom. The number of benzene rings is 1. The lowest BCUT2D eigenvalue weighted by Gasteiger charge is -2.15. The van der Waals surface area contributed by atoms with E-state index in [2.05, 4.69) is 42.4 Å². The van der Waals surface area contributed by atoms with E-state index in [9.17, 15) is 4.79 Å². The van der Waals surface area contributed by atoms with Crippen molar-refractivity contribution in [2.45, 2.75) is 18.9 Å². The molecule has 1 aliphatic rings. The molecule has 5 aromatic heterocycles. The normalized spacial score (nSPS) is 14.5. The molecule has 3 N–H and O–H groups in total. The second kappa shape index (κ2) is 9.17. The molecular formula is C27H20BrN9O2. The number of anilines is 1. The van der Waals surface area contributed by atoms with E-state index in [0.717, 1.165) is 29.7 Å². The van der Waals surface area contributed by atoms with Crippen molar-refractivity contribution in [1.29, 1.82) is 0 Å². The number of fused-ring (bicyclic) bond motifs is 2. The Bertz CT molecular complexity index is 1860. The van der Waals surface area contributed by atoms with Gasteiger partial charge in [0.05, 0.1) is 11.6 Å². The van der Waals surface area contributed by atoms with Crippen molar-refractivity contribution in [1.82, 2.24) is 39.6 Å². The van der Waals surface area contributed by atoms with Crippen LogP contribution in [0.5, 0.6) is 0 Å². The van der Waals surface area contributed by atoms with Crippen molar-refractivity contribution in [2.75, 3.05) is 5.73 Å². The van der Waals surface area contributed by atoms with Gasteiger partial charge in [0.25, 0.3) is 5.89 Å². The zero-order chi connectivity index (χ0) is 26.5. The van der Waals surface area contributed by atoms with E-state index in [0.29, 0.717) is 38.8 Å². The number of hydrogen-bond donors (Lipinski definition) is 2. The van der Waals surface area contributed by atoms with Gasteiger partial charge in [-0.25, -0.2) is 19.6 Å². The minimum atomic E-state index is -0.354. The summed E-state index contributed by atoms with van der Waals surface area (Å²) in [7, 11) is 0. The summed E-state index contributed by atoms with van der Waals surface area (Å²) >= 11 is 3.21. The molecule has 7 rings (SSSR count). The van der Waals surface area contributed by atoms with Crippen LogP contribution in [0.3, 0.4) is 0 Å². The molecule has 192 valence electrons. The molecule has 6 aromatic rings. The van der Waals surface area contributed by atoms with Gasteiger partial charge in [-0.15, -0.1) is 0 Å². The first-order chi connectivity index (χ1) is 19.0. The van der Waals surface area contributed by atoms with Crippen molar-refractivity contribution in [2.24, 2.45) is 0 Å². The number of rotatable bonds is 5. The Kier molecular flexibility index (Phi) is 5.48. The Hall–Kier alpha value is -4.84. The summed E-state index contributed by atoms with van der Waals surface area (Å²) in [5.41, 5.74) is 11.4. The van der Waals surface area contributed by atoms with Gasteiger partial charge in [-0.2, -0.15) is 10.1 Å². The van der Waals surface area contributed by atoms with Gasteiger partial charge in [0.2, 0.25) is 0 Å². The van der Waals surface area contributed by atoms with Crippen molar-refractivity contribution in [3.05, 3.63) is 95.0 Å². The van der Waals surface area contributed by atoms with Crippen LogP contribution in [0.2, 0.25) is 0 Å². The molecule has 1 atom stereocenters. The molecule has 0 fully saturated rings. The Morgan fingerprint density at radius 2 is 2.03 bits per heavy atom. The Morgan fingerprint density at radius 3 is 2.82 bits per heavy atom. The number of pyridine rings is 2. The number of aryl methyl sites for hydroxylation is 1. The first-order valence-corrected chi connectivity index (χ1v) is 13.0. The van der Waals surface area contributed by atoms with E-state index in [1.165, 1.54) is 6.26 Å². The number of nitrogens with zero attached hydrogens (tertiary/aromatic N) is 7. The molecule has 0 spiro atoms. The van der Waals surface area contributed by atoms with Gasteiger partial charge in [-0.05, 0) is 82.4 Å². The van der Waals surface area contributed by atoms with Gasteiger partial charge < -0.3 is 15.5 Å². The zero-order valence-electron chi connectivity index (χ0n) is 20.3.